The highest BCUT2D eigenvalue weighted by atomic mass is 35.5. The molecule has 1 aromatic rings. The Morgan fingerprint density at radius 2 is 2.20 bits per heavy atom. The molecule has 2 N–H and O–H groups in total. The molecule has 2 nitrogen and oxygen atoms in total. The van der Waals surface area contributed by atoms with E-state index in [2.05, 4.69) is 4.84 Å². The highest BCUT2D eigenvalue weighted by Crippen LogP contribution is 2.19. The molecule has 0 aliphatic heterocycles. The van der Waals surface area contributed by atoms with Crippen molar-refractivity contribution in [2.24, 2.45) is 0 Å². The molecule has 0 saturated carbocycles. The molecule has 0 amide bonds. The molecular weight excluding hydrogens is 157 g/mol. The molecule has 0 aromatic heterocycles. The first kappa shape index (κ1) is 7.15. The second-order valence-corrected chi connectivity index (χ2v) is 1.95. The second kappa shape index (κ2) is 2.75. The Kier molecular flexibility index (Phi) is 1.97. The van der Waals surface area contributed by atoms with Crippen molar-refractivity contribution in [3.63, 3.8) is 0 Å². The molecule has 54 valence electrons. The van der Waals surface area contributed by atoms with E-state index in [1.165, 1.54) is 12.1 Å². The monoisotopic (exact) mass is 161 g/mol. The number of halogens is 2. The zero-order chi connectivity index (χ0) is 7.56. The van der Waals surface area contributed by atoms with Gasteiger partial charge in [0, 0.05) is 17.8 Å². The Labute approximate surface area is 62.4 Å². The van der Waals surface area contributed by atoms with Crippen LogP contribution >= 0.6 is 11.8 Å². The van der Waals surface area contributed by atoms with E-state index in [4.69, 9.17) is 16.9 Å². The van der Waals surface area contributed by atoms with Crippen LogP contribution in [0.25, 0.3) is 0 Å². The standard InChI is InChI=1S/C6H5ClFNO/c7-9-4-1-2-6(10)5(8)3-4/h1-3,9-10H. The van der Waals surface area contributed by atoms with Crippen LogP contribution in [0.15, 0.2) is 18.2 Å². The van der Waals surface area contributed by atoms with Gasteiger partial charge in [-0.3, -0.25) is 4.84 Å². The van der Waals surface area contributed by atoms with Crippen molar-refractivity contribution in [3.8, 4) is 5.75 Å². The summed E-state index contributed by atoms with van der Waals surface area (Å²) in [5.41, 5.74) is 0.414. The van der Waals surface area contributed by atoms with Gasteiger partial charge in [-0.15, -0.1) is 0 Å². The number of rotatable bonds is 1. The minimum absolute atomic E-state index is 0.379. The number of aromatic hydroxyl groups is 1. The van der Waals surface area contributed by atoms with Crippen molar-refractivity contribution >= 4 is 17.5 Å². The molecule has 0 unspecified atom stereocenters. The van der Waals surface area contributed by atoms with E-state index in [9.17, 15) is 4.39 Å². The summed E-state index contributed by atoms with van der Waals surface area (Å²) >= 11 is 5.15. The van der Waals surface area contributed by atoms with Gasteiger partial charge < -0.3 is 5.11 Å². The maximum Gasteiger partial charge on any atom is 0.166 e. The maximum atomic E-state index is 12.4. The molecule has 10 heavy (non-hydrogen) atoms. The van der Waals surface area contributed by atoms with Crippen molar-refractivity contribution in [2.45, 2.75) is 0 Å². The number of benzene rings is 1. The van der Waals surface area contributed by atoms with E-state index in [0.717, 1.165) is 6.07 Å². The SMILES string of the molecule is Oc1ccc(NCl)cc1F. The largest absolute Gasteiger partial charge is 0.505 e. The van der Waals surface area contributed by atoms with Crippen LogP contribution in [-0.4, -0.2) is 5.11 Å². The van der Waals surface area contributed by atoms with E-state index < -0.39 is 5.82 Å². The molecule has 0 fully saturated rings. The minimum Gasteiger partial charge on any atom is -0.505 e. The smallest absolute Gasteiger partial charge is 0.166 e. The van der Waals surface area contributed by atoms with Crippen molar-refractivity contribution in [1.82, 2.24) is 0 Å². The first-order chi connectivity index (χ1) is 4.74. The maximum absolute atomic E-state index is 12.4. The van der Waals surface area contributed by atoms with Gasteiger partial charge in [-0.25, -0.2) is 4.39 Å². The van der Waals surface area contributed by atoms with Crippen LogP contribution in [0.4, 0.5) is 10.1 Å². The first-order valence-electron chi connectivity index (χ1n) is 2.59. The van der Waals surface area contributed by atoms with Crippen LogP contribution in [-0.2, 0) is 0 Å². The first-order valence-corrected chi connectivity index (χ1v) is 2.97. The van der Waals surface area contributed by atoms with Crippen molar-refractivity contribution in [1.29, 1.82) is 0 Å². The lowest BCUT2D eigenvalue weighted by molar-refractivity contribution is 0.432. The molecule has 0 aliphatic rings. The zero-order valence-corrected chi connectivity index (χ0v) is 5.69. The second-order valence-electron chi connectivity index (χ2n) is 1.76. The lowest BCUT2D eigenvalue weighted by Crippen LogP contribution is -1.81. The Morgan fingerprint density at radius 3 is 2.70 bits per heavy atom. The summed E-state index contributed by atoms with van der Waals surface area (Å²) in [7, 11) is 0. The van der Waals surface area contributed by atoms with Gasteiger partial charge >= 0.3 is 0 Å². The normalized spacial score (nSPS) is 9.40. The van der Waals surface area contributed by atoms with Crippen molar-refractivity contribution in [3.05, 3.63) is 24.0 Å². The number of nitrogens with one attached hydrogen (secondary N) is 1. The molecule has 0 aliphatic carbocycles. The van der Waals surface area contributed by atoms with Gasteiger partial charge in [-0.1, -0.05) is 0 Å². The summed E-state index contributed by atoms with van der Waals surface area (Å²) in [6.07, 6.45) is 0. The quantitative estimate of drug-likeness (QED) is 0.488. The van der Waals surface area contributed by atoms with Gasteiger partial charge in [0.25, 0.3) is 0 Å². The molecule has 4 heteroatoms. The molecule has 0 saturated heterocycles. The van der Waals surface area contributed by atoms with Crippen LogP contribution in [0.5, 0.6) is 5.75 Å². The van der Waals surface area contributed by atoms with Gasteiger partial charge in [0.05, 0.1) is 5.69 Å². The third kappa shape index (κ3) is 1.30. The van der Waals surface area contributed by atoms with Crippen LogP contribution < -0.4 is 4.84 Å². The van der Waals surface area contributed by atoms with E-state index in [-0.39, 0.29) is 5.75 Å². The van der Waals surface area contributed by atoms with Crippen LogP contribution in [0.1, 0.15) is 0 Å². The Morgan fingerprint density at radius 1 is 1.50 bits per heavy atom. The molecule has 0 bridgehead atoms. The van der Waals surface area contributed by atoms with Crippen molar-refractivity contribution in [2.75, 3.05) is 4.84 Å². The molecule has 0 atom stereocenters. The van der Waals surface area contributed by atoms with E-state index in [0.29, 0.717) is 5.69 Å². The van der Waals surface area contributed by atoms with Gasteiger partial charge in [0.2, 0.25) is 0 Å². The predicted octanol–water partition coefficient (Wildman–Crippen LogP) is 2.10. The fraction of sp³-hybridized carbons (Fsp3) is 0. The Bertz CT molecular complexity index is 241. The summed E-state index contributed by atoms with van der Waals surface area (Å²) < 4.78 is 12.4. The fourth-order valence-corrected chi connectivity index (χ4v) is 0.683. The van der Waals surface area contributed by atoms with Crippen LogP contribution in [0, 0.1) is 5.82 Å². The topological polar surface area (TPSA) is 32.3 Å². The van der Waals surface area contributed by atoms with Gasteiger partial charge in [0.1, 0.15) is 0 Å². The summed E-state index contributed by atoms with van der Waals surface area (Å²) in [5.74, 6) is -1.07. The van der Waals surface area contributed by atoms with Gasteiger partial charge in [0.15, 0.2) is 11.6 Å². The number of hydrogen-bond acceptors (Lipinski definition) is 2. The molecule has 1 aromatic carbocycles. The minimum atomic E-state index is -0.689. The summed E-state index contributed by atoms with van der Waals surface area (Å²) in [6.45, 7) is 0. The summed E-state index contributed by atoms with van der Waals surface area (Å²) in [6, 6.07) is 3.79. The van der Waals surface area contributed by atoms with E-state index >= 15 is 0 Å². The lowest BCUT2D eigenvalue weighted by Gasteiger charge is -1.97. The van der Waals surface area contributed by atoms with Crippen molar-refractivity contribution < 1.29 is 9.50 Å². The zero-order valence-electron chi connectivity index (χ0n) is 4.94. The summed E-state index contributed by atoms with van der Waals surface area (Å²) in [4.78, 5) is 2.22. The van der Waals surface area contributed by atoms with E-state index in [1.54, 1.807) is 0 Å². The third-order valence-electron chi connectivity index (χ3n) is 1.06. The molecule has 1 rings (SSSR count). The van der Waals surface area contributed by atoms with Crippen LogP contribution in [0.2, 0.25) is 0 Å². The Hall–Kier alpha value is -0.960. The average Bonchev–Trinajstić information content (AvgIpc) is 1.95. The van der Waals surface area contributed by atoms with Crippen LogP contribution in [0.3, 0.4) is 0 Å². The fourth-order valence-electron chi connectivity index (χ4n) is 0.566. The summed E-state index contributed by atoms with van der Waals surface area (Å²) in [5, 5.41) is 8.69. The van der Waals surface area contributed by atoms with E-state index in [1.807, 2.05) is 0 Å². The molecular formula is C6H5ClFNO. The highest BCUT2D eigenvalue weighted by molar-refractivity contribution is 6.23. The molecule has 0 spiro atoms. The number of phenols is 1. The number of anilines is 1. The average molecular weight is 162 g/mol. The predicted molar refractivity (Wildman–Crippen MR) is 37.5 cm³/mol. The number of phenolic OH excluding ortho intramolecular Hbond substituents is 1. The lowest BCUT2D eigenvalue weighted by atomic mass is 10.3. The Balaban J connectivity index is 3.04. The van der Waals surface area contributed by atoms with Gasteiger partial charge in [-0.2, -0.15) is 0 Å². The molecule has 0 radical (unpaired) electrons. The van der Waals surface area contributed by atoms with Gasteiger partial charge in [-0.05, 0) is 12.1 Å². The third-order valence-corrected chi connectivity index (χ3v) is 1.28. The highest BCUT2D eigenvalue weighted by Gasteiger charge is 1.98. The molecule has 0 heterocycles. The number of hydrogen-bond donors (Lipinski definition) is 2.